The molecular weight excluding hydrogens is 148 g/mol. The minimum Gasteiger partial charge on any atom is -0.271 e. The van der Waals surface area contributed by atoms with Gasteiger partial charge < -0.3 is 0 Å². The van der Waals surface area contributed by atoms with Crippen LogP contribution in [0.4, 0.5) is 0 Å². The first-order chi connectivity index (χ1) is 5.44. The first-order valence-electron chi connectivity index (χ1n) is 4.54. The molecule has 0 aliphatic carbocycles. The molecular formula is C10H22N2. The second-order valence-corrected chi connectivity index (χ2v) is 4.22. The van der Waals surface area contributed by atoms with Crippen molar-refractivity contribution >= 4 is 0 Å². The third-order valence-electron chi connectivity index (χ3n) is 2.61. The van der Waals surface area contributed by atoms with E-state index in [1.165, 1.54) is 5.57 Å². The second-order valence-electron chi connectivity index (χ2n) is 4.22. The number of hydrogen-bond donors (Lipinski definition) is 2. The summed E-state index contributed by atoms with van der Waals surface area (Å²) in [6, 6.07) is 0.333. The summed E-state index contributed by atoms with van der Waals surface area (Å²) in [6.45, 7) is 12.6. The first-order valence-corrected chi connectivity index (χ1v) is 4.54. The van der Waals surface area contributed by atoms with Crippen molar-refractivity contribution in [3.05, 3.63) is 12.2 Å². The van der Waals surface area contributed by atoms with Gasteiger partial charge in [0.15, 0.2) is 0 Å². The Bertz CT molecular complexity index is 150. The Morgan fingerprint density at radius 3 is 2.33 bits per heavy atom. The predicted molar refractivity (Wildman–Crippen MR) is 54.6 cm³/mol. The van der Waals surface area contributed by atoms with Gasteiger partial charge in [0.25, 0.3) is 0 Å². The van der Waals surface area contributed by atoms with Crippen LogP contribution >= 0.6 is 0 Å². The minimum absolute atomic E-state index is 0.244. The fraction of sp³-hybridized carbons (Fsp3) is 0.800. The molecule has 0 heterocycles. The van der Waals surface area contributed by atoms with Crippen molar-refractivity contribution in [3.8, 4) is 0 Å². The summed E-state index contributed by atoms with van der Waals surface area (Å²) >= 11 is 0. The number of nitrogens with two attached hydrogens (primary N) is 1. The van der Waals surface area contributed by atoms with Crippen molar-refractivity contribution in [3.63, 3.8) is 0 Å². The van der Waals surface area contributed by atoms with Gasteiger partial charge in [-0.15, -0.1) is 6.58 Å². The average molecular weight is 170 g/mol. The molecule has 0 radical (unpaired) electrons. The van der Waals surface area contributed by atoms with Gasteiger partial charge in [0.05, 0.1) is 0 Å². The highest BCUT2D eigenvalue weighted by molar-refractivity contribution is 4.96. The summed E-state index contributed by atoms with van der Waals surface area (Å²) in [5, 5.41) is 0. The predicted octanol–water partition coefficient (Wildman–Crippen LogP) is 2.22. The lowest BCUT2D eigenvalue weighted by Gasteiger charge is -2.33. The van der Waals surface area contributed by atoms with Gasteiger partial charge in [-0.25, -0.2) is 0 Å². The highest BCUT2D eigenvalue weighted by Crippen LogP contribution is 2.27. The third kappa shape index (κ3) is 3.37. The van der Waals surface area contributed by atoms with Gasteiger partial charge in [0.2, 0.25) is 0 Å². The van der Waals surface area contributed by atoms with E-state index in [9.17, 15) is 0 Å². The number of hydrazine groups is 1. The van der Waals surface area contributed by atoms with Gasteiger partial charge in [0.1, 0.15) is 0 Å². The van der Waals surface area contributed by atoms with Crippen molar-refractivity contribution in [2.75, 3.05) is 0 Å². The van der Waals surface area contributed by atoms with E-state index in [4.69, 9.17) is 5.84 Å². The van der Waals surface area contributed by atoms with Crippen LogP contribution in [-0.4, -0.2) is 6.04 Å². The highest BCUT2D eigenvalue weighted by atomic mass is 15.2. The molecule has 0 aromatic carbocycles. The van der Waals surface area contributed by atoms with Crippen LogP contribution in [0.2, 0.25) is 0 Å². The van der Waals surface area contributed by atoms with E-state index in [0.29, 0.717) is 6.04 Å². The molecule has 0 amide bonds. The molecule has 0 fully saturated rings. The molecule has 1 unspecified atom stereocenters. The average Bonchev–Trinajstić information content (AvgIpc) is 1.99. The summed E-state index contributed by atoms with van der Waals surface area (Å²) in [7, 11) is 0. The van der Waals surface area contributed by atoms with Crippen LogP contribution in [0.3, 0.4) is 0 Å². The second kappa shape index (κ2) is 4.63. The molecule has 3 N–H and O–H groups in total. The molecule has 0 aromatic rings. The topological polar surface area (TPSA) is 38.0 Å². The van der Waals surface area contributed by atoms with Crippen molar-refractivity contribution in [2.24, 2.45) is 11.3 Å². The summed E-state index contributed by atoms with van der Waals surface area (Å²) in [4.78, 5) is 0. The van der Waals surface area contributed by atoms with E-state index < -0.39 is 0 Å². The van der Waals surface area contributed by atoms with Gasteiger partial charge in [-0.05, 0) is 25.2 Å². The van der Waals surface area contributed by atoms with Crippen LogP contribution in [0.15, 0.2) is 12.2 Å². The zero-order valence-electron chi connectivity index (χ0n) is 8.78. The molecule has 0 bridgehead atoms. The maximum absolute atomic E-state index is 5.49. The van der Waals surface area contributed by atoms with Crippen LogP contribution in [0.1, 0.15) is 40.5 Å². The van der Waals surface area contributed by atoms with Gasteiger partial charge in [-0.3, -0.25) is 11.3 Å². The molecule has 2 heteroatoms. The van der Waals surface area contributed by atoms with Gasteiger partial charge >= 0.3 is 0 Å². The lowest BCUT2D eigenvalue weighted by molar-refractivity contribution is 0.231. The largest absolute Gasteiger partial charge is 0.271 e. The molecule has 0 saturated carbocycles. The van der Waals surface area contributed by atoms with Crippen molar-refractivity contribution < 1.29 is 0 Å². The van der Waals surface area contributed by atoms with Gasteiger partial charge in [0, 0.05) is 6.04 Å². The van der Waals surface area contributed by atoms with Crippen molar-refractivity contribution in [1.82, 2.24) is 5.43 Å². The van der Waals surface area contributed by atoms with Crippen LogP contribution in [-0.2, 0) is 0 Å². The summed E-state index contributed by atoms with van der Waals surface area (Å²) in [5.74, 6) is 5.49. The zero-order valence-corrected chi connectivity index (χ0v) is 8.78. The molecule has 0 rings (SSSR count). The van der Waals surface area contributed by atoms with Crippen LogP contribution in [0.5, 0.6) is 0 Å². The highest BCUT2D eigenvalue weighted by Gasteiger charge is 2.26. The fourth-order valence-corrected chi connectivity index (χ4v) is 1.16. The van der Waals surface area contributed by atoms with Crippen LogP contribution < -0.4 is 11.3 Å². The van der Waals surface area contributed by atoms with E-state index in [1.807, 2.05) is 6.92 Å². The Balaban J connectivity index is 4.23. The SMILES string of the molecule is C=C(C)CC(NN)C(C)(C)CC. The molecule has 2 nitrogen and oxygen atoms in total. The van der Waals surface area contributed by atoms with E-state index in [0.717, 1.165) is 12.8 Å². The standard InChI is InChI=1S/C10H22N2/c1-6-10(4,5)9(12-11)7-8(2)3/h9,12H,2,6-7,11H2,1,3-5H3. The maximum atomic E-state index is 5.49. The number of rotatable bonds is 5. The maximum Gasteiger partial charge on any atom is 0.0298 e. The third-order valence-corrected chi connectivity index (χ3v) is 2.61. The Hall–Kier alpha value is -0.340. The molecule has 0 aliphatic heterocycles. The Labute approximate surface area is 76.2 Å². The van der Waals surface area contributed by atoms with E-state index >= 15 is 0 Å². The fourth-order valence-electron chi connectivity index (χ4n) is 1.16. The zero-order chi connectivity index (χ0) is 9.78. The van der Waals surface area contributed by atoms with Crippen molar-refractivity contribution in [1.29, 1.82) is 0 Å². The van der Waals surface area contributed by atoms with Crippen molar-refractivity contribution in [2.45, 2.75) is 46.6 Å². The molecule has 0 spiro atoms. The lowest BCUT2D eigenvalue weighted by Crippen LogP contribution is -2.45. The molecule has 0 aromatic heterocycles. The Kier molecular flexibility index (Phi) is 4.50. The molecule has 0 saturated heterocycles. The van der Waals surface area contributed by atoms with E-state index in [-0.39, 0.29) is 5.41 Å². The quantitative estimate of drug-likeness (QED) is 0.377. The Morgan fingerprint density at radius 1 is 1.58 bits per heavy atom. The number of nitrogens with one attached hydrogen (secondary N) is 1. The lowest BCUT2D eigenvalue weighted by atomic mass is 9.79. The summed E-state index contributed by atoms with van der Waals surface area (Å²) < 4.78 is 0. The summed E-state index contributed by atoms with van der Waals surface area (Å²) in [6.07, 6.45) is 2.08. The number of hydrogen-bond acceptors (Lipinski definition) is 2. The molecule has 72 valence electrons. The van der Waals surface area contributed by atoms with E-state index in [1.54, 1.807) is 0 Å². The molecule has 1 atom stereocenters. The normalized spacial score (nSPS) is 14.4. The smallest absolute Gasteiger partial charge is 0.0298 e. The van der Waals surface area contributed by atoms with E-state index in [2.05, 4.69) is 32.8 Å². The molecule has 0 aliphatic rings. The molecule has 12 heavy (non-hydrogen) atoms. The summed E-state index contributed by atoms with van der Waals surface area (Å²) in [5.41, 5.74) is 4.29. The minimum atomic E-state index is 0.244. The monoisotopic (exact) mass is 170 g/mol. The van der Waals surface area contributed by atoms with Gasteiger partial charge in [-0.2, -0.15) is 0 Å². The Morgan fingerprint density at radius 2 is 2.08 bits per heavy atom. The first kappa shape index (κ1) is 11.7. The van der Waals surface area contributed by atoms with Crippen LogP contribution in [0, 0.1) is 5.41 Å². The van der Waals surface area contributed by atoms with Crippen LogP contribution in [0.25, 0.3) is 0 Å². The van der Waals surface area contributed by atoms with Gasteiger partial charge in [-0.1, -0.05) is 26.3 Å².